The van der Waals surface area contributed by atoms with Gasteiger partial charge in [-0.15, -0.1) is 0 Å². The van der Waals surface area contributed by atoms with E-state index in [0.29, 0.717) is 42.4 Å². The molecule has 180 valence electrons. The van der Waals surface area contributed by atoms with Crippen molar-refractivity contribution < 1.29 is 13.2 Å². The number of hydrogen-bond donors (Lipinski definition) is 0. The Morgan fingerprint density at radius 1 is 0.971 bits per heavy atom. The van der Waals surface area contributed by atoms with Gasteiger partial charge < -0.3 is 9.47 Å². The summed E-state index contributed by atoms with van der Waals surface area (Å²) in [6, 6.07) is 15.7. The van der Waals surface area contributed by atoms with Crippen molar-refractivity contribution >= 4 is 27.0 Å². The van der Waals surface area contributed by atoms with Crippen molar-refractivity contribution in [3.8, 4) is 0 Å². The molecule has 34 heavy (non-hydrogen) atoms. The normalized spacial score (nSPS) is 18.1. The first-order chi connectivity index (χ1) is 16.5. The molecule has 0 bridgehead atoms. The molecule has 0 atom stereocenters. The summed E-state index contributed by atoms with van der Waals surface area (Å²) in [6.45, 7) is 3.34. The number of hydrogen-bond acceptors (Lipinski definition) is 4. The lowest BCUT2D eigenvalue weighted by Crippen LogP contribution is -2.39. The van der Waals surface area contributed by atoms with Gasteiger partial charge in [-0.25, -0.2) is 13.4 Å². The Morgan fingerprint density at radius 2 is 1.71 bits per heavy atom. The third-order valence-electron chi connectivity index (χ3n) is 7.20. The van der Waals surface area contributed by atoms with Crippen LogP contribution in [0.4, 0.5) is 0 Å². The van der Waals surface area contributed by atoms with Crippen LogP contribution in [0.5, 0.6) is 0 Å². The van der Waals surface area contributed by atoms with E-state index in [2.05, 4.69) is 29.2 Å². The van der Waals surface area contributed by atoms with Crippen LogP contribution in [0.2, 0.25) is 0 Å². The SMILES string of the molecule is O=C(CCn1cnc2cc(S(=O)(=O)N3CCCC3)ccc21)N1CCC(Cc2ccccc2)CC1. The monoisotopic (exact) mass is 480 g/mol. The molecule has 0 radical (unpaired) electrons. The number of aromatic nitrogens is 2. The van der Waals surface area contributed by atoms with Crippen LogP contribution >= 0.6 is 0 Å². The second-order valence-corrected chi connectivity index (χ2v) is 11.4. The molecular weight excluding hydrogens is 448 g/mol. The highest BCUT2D eigenvalue weighted by atomic mass is 32.2. The third-order valence-corrected chi connectivity index (χ3v) is 9.09. The van der Waals surface area contributed by atoms with Gasteiger partial charge in [0.1, 0.15) is 0 Å². The van der Waals surface area contributed by atoms with Gasteiger partial charge in [-0.3, -0.25) is 4.79 Å². The smallest absolute Gasteiger partial charge is 0.243 e. The molecule has 1 amide bonds. The molecule has 7 nitrogen and oxygen atoms in total. The van der Waals surface area contributed by atoms with Crippen LogP contribution in [0.3, 0.4) is 0 Å². The average Bonchev–Trinajstić information content (AvgIpc) is 3.54. The Hall–Kier alpha value is -2.71. The van der Waals surface area contributed by atoms with Gasteiger partial charge in [-0.05, 0) is 61.8 Å². The highest BCUT2D eigenvalue weighted by Crippen LogP contribution is 2.25. The van der Waals surface area contributed by atoms with E-state index in [1.807, 2.05) is 21.6 Å². The molecule has 3 aromatic rings. The fourth-order valence-electron chi connectivity index (χ4n) is 5.17. The van der Waals surface area contributed by atoms with Crippen molar-refractivity contribution in [2.45, 2.75) is 50.0 Å². The number of carbonyl (C=O) groups excluding carboxylic acids is 1. The van der Waals surface area contributed by atoms with Gasteiger partial charge in [0.2, 0.25) is 15.9 Å². The van der Waals surface area contributed by atoms with E-state index in [-0.39, 0.29) is 5.91 Å². The van der Waals surface area contributed by atoms with Crippen LogP contribution in [0.25, 0.3) is 11.0 Å². The highest BCUT2D eigenvalue weighted by Gasteiger charge is 2.28. The van der Waals surface area contributed by atoms with E-state index < -0.39 is 10.0 Å². The maximum absolute atomic E-state index is 12.8. The number of rotatable bonds is 7. The first kappa shape index (κ1) is 23.1. The van der Waals surface area contributed by atoms with Gasteiger partial charge in [0.25, 0.3) is 0 Å². The zero-order valence-electron chi connectivity index (χ0n) is 19.5. The minimum absolute atomic E-state index is 0.174. The molecule has 0 unspecified atom stereocenters. The summed E-state index contributed by atoms with van der Waals surface area (Å²) in [6.07, 6.45) is 7.12. The topological polar surface area (TPSA) is 75.5 Å². The molecule has 0 N–H and O–H groups in total. The Kier molecular flexibility index (Phi) is 6.70. The van der Waals surface area contributed by atoms with Gasteiger partial charge in [0.15, 0.2) is 0 Å². The van der Waals surface area contributed by atoms with E-state index in [9.17, 15) is 13.2 Å². The quantitative estimate of drug-likeness (QED) is 0.517. The van der Waals surface area contributed by atoms with Crippen LogP contribution < -0.4 is 0 Å². The molecular formula is C26H32N4O3S. The first-order valence-electron chi connectivity index (χ1n) is 12.3. The number of amides is 1. The van der Waals surface area contributed by atoms with Gasteiger partial charge in [0, 0.05) is 39.1 Å². The summed E-state index contributed by atoms with van der Waals surface area (Å²) in [5.41, 5.74) is 2.87. The van der Waals surface area contributed by atoms with E-state index in [4.69, 9.17) is 0 Å². The fraction of sp³-hybridized carbons (Fsp3) is 0.462. The Morgan fingerprint density at radius 3 is 2.44 bits per heavy atom. The van der Waals surface area contributed by atoms with Crippen LogP contribution in [0.1, 0.15) is 37.7 Å². The summed E-state index contributed by atoms with van der Waals surface area (Å²) in [5, 5.41) is 0. The number of aryl methyl sites for hydroxylation is 1. The van der Waals surface area contributed by atoms with Gasteiger partial charge in [0.05, 0.1) is 22.3 Å². The molecule has 0 aliphatic carbocycles. The Balaban J connectivity index is 1.16. The summed E-state index contributed by atoms with van der Waals surface area (Å²) < 4.78 is 29.2. The molecule has 2 saturated heterocycles. The zero-order valence-corrected chi connectivity index (χ0v) is 20.3. The van der Waals surface area contributed by atoms with Crippen LogP contribution in [-0.2, 0) is 27.8 Å². The zero-order chi connectivity index (χ0) is 23.5. The number of carbonyl (C=O) groups is 1. The molecule has 8 heteroatoms. The summed E-state index contributed by atoms with van der Waals surface area (Å²) in [7, 11) is -3.46. The first-order valence-corrected chi connectivity index (χ1v) is 13.7. The van der Waals surface area contributed by atoms with Gasteiger partial charge >= 0.3 is 0 Å². The summed E-state index contributed by atoms with van der Waals surface area (Å²) in [5.74, 6) is 0.809. The molecule has 0 saturated carbocycles. The Labute approximate surface area is 201 Å². The number of likely N-dealkylation sites (tertiary alicyclic amines) is 1. The van der Waals surface area contributed by atoms with E-state index in [1.54, 1.807) is 22.8 Å². The van der Waals surface area contributed by atoms with Crippen LogP contribution in [0, 0.1) is 5.92 Å². The second-order valence-electron chi connectivity index (χ2n) is 9.46. The molecule has 5 rings (SSSR count). The molecule has 3 heterocycles. The standard InChI is InChI=1S/C26H32N4O3S/c31-26(28-15-10-22(11-16-28)18-21-6-2-1-3-7-21)12-17-29-20-27-24-19-23(8-9-25(24)29)34(32,33)30-13-4-5-14-30/h1-3,6-9,19-20,22H,4-5,10-18H2. The Bertz CT molecular complexity index is 1240. The van der Waals surface area contributed by atoms with E-state index >= 15 is 0 Å². The lowest BCUT2D eigenvalue weighted by molar-refractivity contribution is -0.132. The van der Waals surface area contributed by atoms with Crippen molar-refractivity contribution in [3.63, 3.8) is 0 Å². The minimum atomic E-state index is -3.46. The van der Waals surface area contributed by atoms with Gasteiger partial charge in [-0.1, -0.05) is 30.3 Å². The number of benzene rings is 2. The maximum Gasteiger partial charge on any atom is 0.243 e. The van der Waals surface area contributed by atoms with E-state index in [1.165, 1.54) is 5.56 Å². The highest BCUT2D eigenvalue weighted by molar-refractivity contribution is 7.89. The molecule has 2 aliphatic rings. The van der Waals surface area contributed by atoms with Crippen molar-refractivity contribution in [2.24, 2.45) is 5.92 Å². The molecule has 2 fully saturated rings. The minimum Gasteiger partial charge on any atom is -0.343 e. The number of nitrogens with zero attached hydrogens (tertiary/aromatic N) is 4. The average molecular weight is 481 g/mol. The van der Waals surface area contributed by atoms with Crippen molar-refractivity contribution in [3.05, 3.63) is 60.4 Å². The van der Waals surface area contributed by atoms with Crippen molar-refractivity contribution in [2.75, 3.05) is 26.2 Å². The lowest BCUT2D eigenvalue weighted by Gasteiger charge is -2.32. The van der Waals surface area contributed by atoms with Crippen molar-refractivity contribution in [1.29, 1.82) is 0 Å². The number of piperidine rings is 1. The molecule has 2 aliphatic heterocycles. The maximum atomic E-state index is 12.8. The largest absolute Gasteiger partial charge is 0.343 e. The van der Waals surface area contributed by atoms with Crippen molar-refractivity contribution in [1.82, 2.24) is 18.8 Å². The molecule has 0 spiro atoms. The van der Waals surface area contributed by atoms with E-state index in [0.717, 1.165) is 50.7 Å². The second kappa shape index (κ2) is 9.88. The predicted octanol–water partition coefficient (Wildman–Crippen LogP) is 3.69. The van der Waals surface area contributed by atoms with Crippen LogP contribution in [-0.4, -0.2) is 59.3 Å². The lowest BCUT2D eigenvalue weighted by atomic mass is 9.90. The summed E-state index contributed by atoms with van der Waals surface area (Å²) in [4.78, 5) is 19.5. The molecule has 2 aromatic carbocycles. The summed E-state index contributed by atoms with van der Waals surface area (Å²) >= 11 is 0. The van der Waals surface area contributed by atoms with Gasteiger partial charge in [-0.2, -0.15) is 4.31 Å². The number of sulfonamides is 1. The predicted molar refractivity (Wildman–Crippen MR) is 132 cm³/mol. The third kappa shape index (κ3) is 4.88. The molecule has 1 aromatic heterocycles. The fourth-order valence-corrected chi connectivity index (χ4v) is 6.71. The number of imidazole rings is 1. The van der Waals surface area contributed by atoms with Crippen LogP contribution in [0.15, 0.2) is 59.8 Å². The number of fused-ring (bicyclic) bond motifs is 1.